The van der Waals surface area contributed by atoms with Crippen molar-refractivity contribution in [1.29, 1.82) is 0 Å². The van der Waals surface area contributed by atoms with Crippen molar-refractivity contribution in [3.8, 4) is 0 Å². The third-order valence-corrected chi connectivity index (χ3v) is 3.19. The Labute approximate surface area is 101 Å². The molecule has 0 bridgehead atoms. The van der Waals surface area contributed by atoms with Gasteiger partial charge >= 0.3 is 0 Å². The fourth-order valence-corrected chi connectivity index (χ4v) is 2.05. The van der Waals surface area contributed by atoms with Crippen molar-refractivity contribution in [2.45, 2.75) is 26.0 Å². The first-order valence-electron chi connectivity index (χ1n) is 5.92. The van der Waals surface area contributed by atoms with Crippen LogP contribution in [0.5, 0.6) is 0 Å². The van der Waals surface area contributed by atoms with Crippen molar-refractivity contribution >= 4 is 0 Å². The summed E-state index contributed by atoms with van der Waals surface area (Å²) in [5, 5.41) is 7.39. The largest absolute Gasteiger partial charge is 0.375 e. The lowest BCUT2D eigenvalue weighted by Crippen LogP contribution is -2.52. The van der Waals surface area contributed by atoms with Gasteiger partial charge in [-0.25, -0.2) is 0 Å². The van der Waals surface area contributed by atoms with Gasteiger partial charge in [0.15, 0.2) is 5.82 Å². The lowest BCUT2D eigenvalue weighted by atomic mass is 10.0. The first-order chi connectivity index (χ1) is 8.14. The van der Waals surface area contributed by atoms with Crippen LogP contribution in [0.25, 0.3) is 0 Å². The van der Waals surface area contributed by atoms with E-state index in [4.69, 9.17) is 9.26 Å². The number of piperazine rings is 1. The zero-order valence-electron chi connectivity index (χ0n) is 10.7. The molecule has 0 unspecified atom stereocenters. The number of hydrogen-bond acceptors (Lipinski definition) is 6. The van der Waals surface area contributed by atoms with Crippen LogP contribution in [0.2, 0.25) is 0 Å². The van der Waals surface area contributed by atoms with Crippen molar-refractivity contribution in [3.63, 3.8) is 0 Å². The monoisotopic (exact) mass is 240 g/mol. The minimum atomic E-state index is -0.197. The molecule has 6 heteroatoms. The molecule has 0 saturated carbocycles. The lowest BCUT2D eigenvalue weighted by Gasteiger charge is -2.38. The van der Waals surface area contributed by atoms with Gasteiger partial charge in [-0.15, -0.1) is 0 Å². The number of ether oxygens (including phenoxy) is 1. The lowest BCUT2D eigenvalue weighted by molar-refractivity contribution is 0.0923. The summed E-state index contributed by atoms with van der Waals surface area (Å²) in [7, 11) is 1.62. The van der Waals surface area contributed by atoms with Gasteiger partial charge in [-0.1, -0.05) is 5.16 Å². The summed E-state index contributed by atoms with van der Waals surface area (Å²) in [4.78, 5) is 6.75. The fraction of sp³-hybridized carbons (Fsp3) is 0.818. The predicted octanol–water partition coefficient (Wildman–Crippen LogP) is 0.356. The molecule has 0 aromatic carbocycles. The normalized spacial score (nSPS) is 18.5. The number of methoxy groups -OCH3 is 1. The summed E-state index contributed by atoms with van der Waals surface area (Å²) >= 11 is 0. The average molecular weight is 240 g/mol. The molecule has 0 radical (unpaired) electrons. The maximum Gasteiger partial charge on any atom is 0.252 e. The molecule has 0 amide bonds. The van der Waals surface area contributed by atoms with Gasteiger partial charge < -0.3 is 14.6 Å². The van der Waals surface area contributed by atoms with E-state index >= 15 is 0 Å². The van der Waals surface area contributed by atoms with Crippen LogP contribution in [-0.2, 0) is 16.9 Å². The van der Waals surface area contributed by atoms with Gasteiger partial charge in [0.05, 0.1) is 5.54 Å². The Morgan fingerprint density at radius 2 is 2.12 bits per heavy atom. The quantitative estimate of drug-likeness (QED) is 0.819. The summed E-state index contributed by atoms with van der Waals surface area (Å²) in [6, 6.07) is 0. The summed E-state index contributed by atoms with van der Waals surface area (Å²) in [5.41, 5.74) is -0.197. The second kappa shape index (κ2) is 5.12. The molecule has 1 aromatic rings. The van der Waals surface area contributed by atoms with E-state index in [0.29, 0.717) is 12.5 Å². The van der Waals surface area contributed by atoms with E-state index in [2.05, 4.69) is 34.2 Å². The van der Waals surface area contributed by atoms with Crippen LogP contribution in [0, 0.1) is 0 Å². The van der Waals surface area contributed by atoms with Gasteiger partial charge in [0, 0.05) is 33.3 Å². The molecule has 0 spiro atoms. The van der Waals surface area contributed by atoms with E-state index in [9.17, 15) is 0 Å². The standard InChI is InChI=1S/C11H20N4O2/c1-11(2,15-6-4-12-5-7-15)10-13-9(8-16-3)17-14-10/h12H,4-8H2,1-3H3. The van der Waals surface area contributed by atoms with Crippen LogP contribution >= 0.6 is 0 Å². The third kappa shape index (κ3) is 2.65. The second-order valence-electron chi connectivity index (χ2n) is 4.74. The zero-order chi connectivity index (χ0) is 12.3. The molecule has 0 aliphatic carbocycles. The molecule has 6 nitrogen and oxygen atoms in total. The van der Waals surface area contributed by atoms with Gasteiger partial charge in [0.1, 0.15) is 6.61 Å². The van der Waals surface area contributed by atoms with Crippen molar-refractivity contribution in [2.75, 3.05) is 33.3 Å². The van der Waals surface area contributed by atoms with Crippen molar-refractivity contribution in [1.82, 2.24) is 20.4 Å². The second-order valence-corrected chi connectivity index (χ2v) is 4.74. The Bertz CT molecular complexity index is 358. The maximum absolute atomic E-state index is 5.15. The van der Waals surface area contributed by atoms with Crippen molar-refractivity contribution < 1.29 is 9.26 Å². The van der Waals surface area contributed by atoms with Crippen molar-refractivity contribution in [2.24, 2.45) is 0 Å². The van der Waals surface area contributed by atoms with Crippen LogP contribution in [0.15, 0.2) is 4.52 Å². The Hall–Kier alpha value is -0.980. The molecule has 1 fully saturated rings. The molecule has 0 atom stereocenters. The van der Waals surface area contributed by atoms with Crippen LogP contribution in [0.4, 0.5) is 0 Å². The van der Waals surface area contributed by atoms with E-state index in [1.807, 2.05) is 0 Å². The average Bonchev–Trinajstić information content (AvgIpc) is 2.80. The van der Waals surface area contributed by atoms with E-state index in [-0.39, 0.29) is 5.54 Å². The van der Waals surface area contributed by atoms with E-state index in [1.165, 1.54) is 0 Å². The van der Waals surface area contributed by atoms with Gasteiger partial charge in [-0.2, -0.15) is 4.98 Å². The number of rotatable bonds is 4. The molecular weight excluding hydrogens is 220 g/mol. The smallest absolute Gasteiger partial charge is 0.252 e. The highest BCUT2D eigenvalue weighted by molar-refractivity contribution is 5.02. The fourth-order valence-electron chi connectivity index (χ4n) is 2.05. The highest BCUT2D eigenvalue weighted by Crippen LogP contribution is 2.25. The Morgan fingerprint density at radius 3 is 2.76 bits per heavy atom. The molecule has 1 aromatic heterocycles. The van der Waals surface area contributed by atoms with Crippen LogP contribution in [0.3, 0.4) is 0 Å². The predicted molar refractivity (Wildman–Crippen MR) is 62.5 cm³/mol. The first kappa shape index (κ1) is 12.5. The number of aromatic nitrogens is 2. The molecule has 1 N–H and O–H groups in total. The molecule has 2 rings (SSSR count). The van der Waals surface area contributed by atoms with E-state index in [1.54, 1.807) is 7.11 Å². The van der Waals surface area contributed by atoms with Gasteiger partial charge in [0.25, 0.3) is 5.89 Å². The number of nitrogens with zero attached hydrogens (tertiary/aromatic N) is 3. The summed E-state index contributed by atoms with van der Waals surface area (Å²) in [6.45, 7) is 8.63. The Kier molecular flexibility index (Phi) is 3.76. The molecular formula is C11H20N4O2. The van der Waals surface area contributed by atoms with Crippen LogP contribution in [0.1, 0.15) is 25.6 Å². The minimum Gasteiger partial charge on any atom is -0.375 e. The number of nitrogens with one attached hydrogen (secondary N) is 1. The highest BCUT2D eigenvalue weighted by atomic mass is 16.5. The van der Waals surface area contributed by atoms with Gasteiger partial charge in [0.2, 0.25) is 0 Å². The van der Waals surface area contributed by atoms with Crippen LogP contribution in [-0.4, -0.2) is 48.3 Å². The molecule has 96 valence electrons. The molecule has 1 aliphatic rings. The molecule has 1 saturated heterocycles. The maximum atomic E-state index is 5.15. The highest BCUT2D eigenvalue weighted by Gasteiger charge is 2.34. The number of hydrogen-bond donors (Lipinski definition) is 1. The van der Waals surface area contributed by atoms with E-state index in [0.717, 1.165) is 32.0 Å². The first-order valence-corrected chi connectivity index (χ1v) is 5.92. The topological polar surface area (TPSA) is 63.4 Å². The molecule has 17 heavy (non-hydrogen) atoms. The molecule has 1 aliphatic heterocycles. The molecule has 2 heterocycles. The van der Waals surface area contributed by atoms with E-state index < -0.39 is 0 Å². The third-order valence-electron chi connectivity index (χ3n) is 3.19. The van der Waals surface area contributed by atoms with Gasteiger partial charge in [-0.3, -0.25) is 4.90 Å². The summed E-state index contributed by atoms with van der Waals surface area (Å²) in [6.07, 6.45) is 0. The van der Waals surface area contributed by atoms with Gasteiger partial charge in [-0.05, 0) is 13.8 Å². The minimum absolute atomic E-state index is 0.197. The Balaban J connectivity index is 2.11. The summed E-state index contributed by atoms with van der Waals surface area (Å²) < 4.78 is 10.1. The SMILES string of the molecule is COCc1nc(C(C)(C)N2CCNCC2)no1. The summed E-state index contributed by atoms with van der Waals surface area (Å²) in [5.74, 6) is 1.26. The zero-order valence-corrected chi connectivity index (χ0v) is 10.7. The Morgan fingerprint density at radius 1 is 1.41 bits per heavy atom. The van der Waals surface area contributed by atoms with Crippen LogP contribution < -0.4 is 5.32 Å². The van der Waals surface area contributed by atoms with Crippen molar-refractivity contribution in [3.05, 3.63) is 11.7 Å².